The molecule has 232 valence electrons. The van der Waals surface area contributed by atoms with E-state index >= 15 is 0 Å². The molecule has 3 aliphatic rings. The fourth-order valence-corrected chi connectivity index (χ4v) is 5.24. The number of methoxy groups -OCH3 is 2. The molecule has 0 spiro atoms. The molecule has 0 unspecified atom stereocenters. The van der Waals surface area contributed by atoms with Crippen molar-refractivity contribution in [1.29, 1.82) is 0 Å². The molecular weight excluding hydrogens is 544 g/mol. The van der Waals surface area contributed by atoms with Crippen molar-refractivity contribution in [2.24, 2.45) is 0 Å². The number of fused-ring (bicyclic) bond motifs is 2. The summed E-state index contributed by atoms with van der Waals surface area (Å²) in [6.45, 7) is 8.81. The lowest BCUT2D eigenvalue weighted by atomic mass is 9.96. The Morgan fingerprint density at radius 1 is 1.19 bits per heavy atom. The molecule has 3 aliphatic heterocycles. The van der Waals surface area contributed by atoms with Gasteiger partial charge in [-0.2, -0.15) is 5.17 Å². The number of likely N-dealkylation sites (tertiary alicyclic amines) is 1. The predicted molar refractivity (Wildman–Crippen MR) is 155 cm³/mol. The van der Waals surface area contributed by atoms with Crippen LogP contribution in [0, 0.1) is 0 Å². The van der Waals surface area contributed by atoms with Gasteiger partial charge in [0.1, 0.15) is 11.6 Å². The maximum absolute atomic E-state index is 13.1. The molecule has 2 N–H and O–H groups in total. The molecule has 0 aliphatic carbocycles. The number of esters is 1. The Bertz CT molecular complexity index is 1180. The van der Waals surface area contributed by atoms with E-state index in [-0.39, 0.29) is 19.4 Å². The molecule has 1 aromatic carbocycles. The van der Waals surface area contributed by atoms with Crippen LogP contribution in [0.2, 0.25) is 0 Å². The molecule has 0 bridgehead atoms. The van der Waals surface area contributed by atoms with E-state index in [1.807, 2.05) is 39.0 Å². The zero-order valence-corrected chi connectivity index (χ0v) is 25.5. The first-order valence-electron chi connectivity index (χ1n) is 14.4. The second kappa shape index (κ2) is 14.1. The number of piperidine rings is 1. The van der Waals surface area contributed by atoms with Gasteiger partial charge in [-0.25, -0.2) is 19.9 Å². The van der Waals surface area contributed by atoms with E-state index in [0.717, 1.165) is 40.9 Å². The monoisotopic (exact) mass is 588 g/mol. The van der Waals surface area contributed by atoms with Crippen LogP contribution in [0.4, 0.5) is 10.5 Å². The molecule has 1 saturated heterocycles. The minimum Gasteiger partial charge on any atom is -0.481 e. The zero-order valence-electron chi connectivity index (χ0n) is 25.5. The molecule has 1 fully saturated rings. The van der Waals surface area contributed by atoms with Crippen molar-refractivity contribution in [3.8, 4) is 0 Å². The van der Waals surface area contributed by atoms with Crippen LogP contribution in [-0.4, -0.2) is 80.6 Å². The Balaban J connectivity index is 1.59. The van der Waals surface area contributed by atoms with Crippen molar-refractivity contribution in [2.45, 2.75) is 77.7 Å². The molecule has 1 aromatic rings. The highest BCUT2D eigenvalue weighted by Crippen LogP contribution is 2.35. The van der Waals surface area contributed by atoms with Gasteiger partial charge in [0.05, 0.1) is 26.0 Å². The topological polar surface area (TPSA) is 120 Å². The van der Waals surface area contributed by atoms with Crippen LogP contribution in [0.3, 0.4) is 0 Å². The molecule has 0 aromatic heterocycles. The standard InChI is InChI=1S/C30H44N4O8/c1-7-40-28(35)25-13-11-23(17-33(25)29(36)42-30(2,3)4)31-22-10-12-24-21(15-22)18-39-14-8-9-20-16-26(38-6)32-34(27(20)24)41-19-37-5/h10,12,15-16,23,25,31-32H,7-9,11,13-14,17-19H2,1-6H3/t23-,25+/m1/s1. The zero-order chi connectivity index (χ0) is 30.3. The van der Waals surface area contributed by atoms with Gasteiger partial charge in [0.15, 0.2) is 6.79 Å². The van der Waals surface area contributed by atoms with Crippen molar-refractivity contribution < 1.29 is 38.1 Å². The summed E-state index contributed by atoms with van der Waals surface area (Å²) < 4.78 is 27.6. The number of amides is 1. The maximum Gasteiger partial charge on any atom is 0.411 e. The highest BCUT2D eigenvalue weighted by Gasteiger charge is 2.39. The number of ether oxygens (including phenoxy) is 5. The summed E-state index contributed by atoms with van der Waals surface area (Å²) in [5.41, 5.74) is 7.19. The minimum atomic E-state index is -0.688. The van der Waals surface area contributed by atoms with Gasteiger partial charge in [-0.05, 0) is 76.6 Å². The fraction of sp³-hybridized carbons (Fsp3) is 0.600. The van der Waals surface area contributed by atoms with E-state index in [0.29, 0.717) is 38.5 Å². The highest BCUT2D eigenvalue weighted by atomic mass is 16.8. The SMILES string of the molecule is CCOC(=O)[C@@H]1CC[C@@H](Nc2ccc3c(c2)COCCCC2=C3N(OCOC)NC(OC)=C2)CN1C(=O)OC(C)(C)C. The third kappa shape index (κ3) is 7.87. The van der Waals surface area contributed by atoms with Crippen molar-refractivity contribution in [3.05, 3.63) is 46.9 Å². The summed E-state index contributed by atoms with van der Waals surface area (Å²) in [6.07, 6.45) is 4.22. The van der Waals surface area contributed by atoms with Gasteiger partial charge in [0, 0.05) is 43.6 Å². The van der Waals surface area contributed by atoms with E-state index in [9.17, 15) is 9.59 Å². The number of carbonyl (C=O) groups is 2. The smallest absolute Gasteiger partial charge is 0.411 e. The second-order valence-electron chi connectivity index (χ2n) is 11.4. The number of anilines is 1. The van der Waals surface area contributed by atoms with Crippen molar-refractivity contribution in [3.63, 3.8) is 0 Å². The van der Waals surface area contributed by atoms with Gasteiger partial charge < -0.3 is 29.0 Å². The van der Waals surface area contributed by atoms with Crippen molar-refractivity contribution in [2.75, 3.05) is 46.1 Å². The van der Waals surface area contributed by atoms with Gasteiger partial charge in [-0.1, -0.05) is 6.07 Å². The number of benzene rings is 1. The Hall–Kier alpha value is -3.48. The molecule has 2 atom stereocenters. The Labute approximate surface area is 247 Å². The van der Waals surface area contributed by atoms with Gasteiger partial charge >= 0.3 is 12.1 Å². The van der Waals surface area contributed by atoms with Gasteiger partial charge in [0.25, 0.3) is 0 Å². The van der Waals surface area contributed by atoms with Gasteiger partial charge in [-0.15, -0.1) is 0 Å². The summed E-state index contributed by atoms with van der Waals surface area (Å²) >= 11 is 0. The molecule has 0 radical (unpaired) electrons. The number of hydroxylamine groups is 1. The van der Waals surface area contributed by atoms with Crippen LogP contribution in [0.15, 0.2) is 35.7 Å². The van der Waals surface area contributed by atoms with Crippen LogP contribution < -0.4 is 10.7 Å². The summed E-state index contributed by atoms with van der Waals surface area (Å²) in [5, 5.41) is 5.16. The molecule has 0 saturated carbocycles. The first kappa shape index (κ1) is 31.5. The van der Waals surface area contributed by atoms with Crippen LogP contribution in [0.5, 0.6) is 0 Å². The minimum absolute atomic E-state index is 0.0505. The average Bonchev–Trinajstić information content (AvgIpc) is 3.03. The molecule has 12 nitrogen and oxygen atoms in total. The van der Waals surface area contributed by atoms with E-state index in [4.69, 9.17) is 28.5 Å². The summed E-state index contributed by atoms with van der Waals surface area (Å²) in [7, 11) is 3.17. The van der Waals surface area contributed by atoms with Crippen molar-refractivity contribution in [1.82, 2.24) is 15.5 Å². The fourth-order valence-electron chi connectivity index (χ4n) is 5.24. The van der Waals surface area contributed by atoms with Crippen LogP contribution in [0.1, 0.15) is 64.5 Å². The van der Waals surface area contributed by atoms with Crippen LogP contribution in [0.25, 0.3) is 5.70 Å². The first-order chi connectivity index (χ1) is 20.1. The molecule has 1 amide bonds. The van der Waals surface area contributed by atoms with Gasteiger partial charge in [-0.3, -0.25) is 4.90 Å². The molecule has 12 heteroatoms. The summed E-state index contributed by atoms with van der Waals surface area (Å²) in [6, 6.07) is 5.32. The number of rotatable bonds is 8. The van der Waals surface area contributed by atoms with Crippen molar-refractivity contribution >= 4 is 23.4 Å². The van der Waals surface area contributed by atoms with Gasteiger partial charge in [0.2, 0.25) is 5.88 Å². The number of hydrazine groups is 1. The lowest BCUT2D eigenvalue weighted by molar-refractivity contribution is -0.209. The third-order valence-electron chi connectivity index (χ3n) is 7.04. The third-order valence-corrected chi connectivity index (χ3v) is 7.04. The first-order valence-corrected chi connectivity index (χ1v) is 14.4. The van der Waals surface area contributed by atoms with Crippen LogP contribution >= 0.6 is 0 Å². The highest BCUT2D eigenvalue weighted by molar-refractivity contribution is 5.82. The Kier molecular flexibility index (Phi) is 10.6. The molecule has 4 rings (SSSR count). The number of hydrogen-bond donors (Lipinski definition) is 2. The number of allylic oxidation sites excluding steroid dienone is 2. The second-order valence-corrected chi connectivity index (χ2v) is 11.4. The lowest BCUT2D eigenvalue weighted by Crippen LogP contribution is -2.55. The quantitative estimate of drug-likeness (QED) is 0.334. The summed E-state index contributed by atoms with van der Waals surface area (Å²) in [4.78, 5) is 33.2. The van der Waals surface area contributed by atoms with E-state index in [2.05, 4.69) is 16.8 Å². The van der Waals surface area contributed by atoms with Crippen LogP contribution in [-0.2, 0) is 39.9 Å². The van der Waals surface area contributed by atoms with E-state index in [1.54, 1.807) is 26.3 Å². The van der Waals surface area contributed by atoms with E-state index in [1.165, 1.54) is 4.90 Å². The number of carbonyl (C=O) groups excluding carboxylic acids is 2. The molecule has 3 heterocycles. The number of hydrogen-bond acceptors (Lipinski definition) is 11. The Morgan fingerprint density at radius 3 is 2.71 bits per heavy atom. The normalized spacial score (nSPS) is 21.0. The van der Waals surface area contributed by atoms with E-state index < -0.39 is 23.7 Å². The largest absolute Gasteiger partial charge is 0.481 e. The lowest BCUT2D eigenvalue weighted by Gasteiger charge is -2.39. The number of nitrogens with one attached hydrogen (secondary N) is 2. The molecular formula is C30H44N4O8. The Morgan fingerprint density at radius 2 is 2.00 bits per heavy atom. The summed E-state index contributed by atoms with van der Waals surface area (Å²) in [5.74, 6) is 0.157. The average molecular weight is 589 g/mol. The predicted octanol–water partition coefficient (Wildman–Crippen LogP) is 4.29. The maximum atomic E-state index is 13.1. The number of nitrogens with zero attached hydrogens (tertiary/aromatic N) is 2. The molecule has 42 heavy (non-hydrogen) atoms.